The fourth-order valence-electron chi connectivity index (χ4n) is 4.15. The van der Waals surface area contributed by atoms with E-state index in [2.05, 4.69) is 16.0 Å². The number of fused-ring (bicyclic) bond motifs is 3. The summed E-state index contributed by atoms with van der Waals surface area (Å²) in [5.74, 6) is 0.602. The second kappa shape index (κ2) is 12.0. The van der Waals surface area contributed by atoms with E-state index in [1.54, 1.807) is 18.2 Å². The third-order valence-electron chi connectivity index (χ3n) is 6.00. The van der Waals surface area contributed by atoms with Crippen LogP contribution in [0.5, 0.6) is 0 Å². The molecule has 0 aromatic heterocycles. The van der Waals surface area contributed by atoms with Gasteiger partial charge in [0, 0.05) is 28.5 Å². The number of hydrogen-bond donors (Lipinski definition) is 3. The fourth-order valence-corrected chi connectivity index (χ4v) is 4.53. The van der Waals surface area contributed by atoms with Gasteiger partial charge in [0.2, 0.25) is 17.7 Å². The molecule has 0 saturated heterocycles. The Kier molecular flexibility index (Phi) is 8.58. The molecule has 3 amide bonds. The maximum absolute atomic E-state index is 11.3. The monoisotopic (exact) mass is 537 g/mol. The predicted molar refractivity (Wildman–Crippen MR) is 146 cm³/mol. The minimum atomic E-state index is -0.129. The van der Waals surface area contributed by atoms with Crippen LogP contribution in [-0.4, -0.2) is 35.3 Å². The number of nitrogens with one attached hydrogen (secondary N) is 3. The highest BCUT2D eigenvalue weighted by Gasteiger charge is 2.19. The first-order valence-electron chi connectivity index (χ1n) is 11.7. The van der Waals surface area contributed by atoms with Crippen molar-refractivity contribution in [2.75, 3.05) is 27.7 Å². The number of amides is 3. The summed E-state index contributed by atoms with van der Waals surface area (Å²) in [6.07, 6.45) is 2.29. The number of para-hydroxylation sites is 1. The Hall–Kier alpha value is -3.68. The van der Waals surface area contributed by atoms with Crippen LogP contribution in [0.4, 0.5) is 17.1 Å². The Morgan fingerprint density at radius 3 is 1.81 bits per heavy atom. The molecule has 3 heterocycles. The van der Waals surface area contributed by atoms with Gasteiger partial charge in [-0.2, -0.15) is 0 Å². The van der Waals surface area contributed by atoms with E-state index in [4.69, 9.17) is 23.2 Å². The number of benzene rings is 3. The zero-order valence-corrected chi connectivity index (χ0v) is 21.4. The zero-order valence-electron chi connectivity index (χ0n) is 19.9. The number of aryl methyl sites for hydroxylation is 1. The minimum absolute atomic E-state index is 0.0320. The molecule has 0 bridgehead atoms. The summed E-state index contributed by atoms with van der Waals surface area (Å²) < 4.78 is 0. The van der Waals surface area contributed by atoms with Crippen LogP contribution >= 0.6 is 23.2 Å². The van der Waals surface area contributed by atoms with E-state index in [1.807, 2.05) is 42.5 Å². The Balaban J connectivity index is 0.000000131. The number of ketones is 1. The van der Waals surface area contributed by atoms with Crippen LogP contribution in [0, 0.1) is 0 Å². The molecule has 0 unspecified atom stereocenters. The highest BCUT2D eigenvalue weighted by Crippen LogP contribution is 2.25. The normalized spacial score (nSPS) is 14.1. The average Bonchev–Trinajstić information content (AvgIpc) is 3.57. The van der Waals surface area contributed by atoms with E-state index in [9.17, 15) is 19.2 Å². The summed E-state index contributed by atoms with van der Waals surface area (Å²) in [6, 6.07) is 18.9. The second-order valence-electron chi connectivity index (χ2n) is 8.69. The van der Waals surface area contributed by atoms with Crippen LogP contribution in [0.15, 0.2) is 60.7 Å². The molecule has 3 aliphatic heterocycles. The second-order valence-corrected chi connectivity index (χ2v) is 9.34. The molecule has 3 N–H and O–H groups in total. The van der Waals surface area contributed by atoms with Crippen molar-refractivity contribution in [1.29, 1.82) is 0 Å². The first-order chi connectivity index (χ1) is 17.9. The molecule has 9 heteroatoms. The van der Waals surface area contributed by atoms with Gasteiger partial charge in [0.25, 0.3) is 0 Å². The Morgan fingerprint density at radius 2 is 1.22 bits per heavy atom. The maximum Gasteiger partial charge on any atom is 0.228 e. The lowest BCUT2D eigenvalue weighted by atomic mass is 10.1. The lowest BCUT2D eigenvalue weighted by molar-refractivity contribution is -0.115. The zero-order chi connectivity index (χ0) is 26.4. The Labute approximate surface area is 224 Å². The van der Waals surface area contributed by atoms with Crippen molar-refractivity contribution in [1.82, 2.24) is 0 Å². The fraction of sp³-hybridized carbons (Fsp3) is 0.214. The highest BCUT2D eigenvalue weighted by molar-refractivity contribution is 6.30. The first kappa shape index (κ1) is 26.4. The summed E-state index contributed by atoms with van der Waals surface area (Å²) in [4.78, 5) is 44.1. The largest absolute Gasteiger partial charge is 0.326 e. The first-order valence-corrected chi connectivity index (χ1v) is 12.8. The van der Waals surface area contributed by atoms with Crippen LogP contribution in [0.2, 0.25) is 0 Å². The number of carbonyl (C=O) groups excluding carboxylic acids is 4. The Bertz CT molecular complexity index is 1350. The van der Waals surface area contributed by atoms with Gasteiger partial charge in [-0.05, 0) is 46.9 Å². The van der Waals surface area contributed by atoms with Crippen molar-refractivity contribution < 1.29 is 19.2 Å². The molecule has 0 atom stereocenters. The third kappa shape index (κ3) is 6.76. The number of halogens is 2. The number of rotatable bonds is 4. The quantitative estimate of drug-likeness (QED) is 0.330. The molecule has 190 valence electrons. The molecule has 0 saturated carbocycles. The van der Waals surface area contributed by atoms with Gasteiger partial charge in [-0.1, -0.05) is 42.5 Å². The van der Waals surface area contributed by atoms with E-state index in [-0.39, 0.29) is 29.4 Å². The molecule has 37 heavy (non-hydrogen) atoms. The molecular formula is C28H25Cl2N3O4. The van der Waals surface area contributed by atoms with E-state index in [0.29, 0.717) is 30.7 Å². The SMILES string of the molecule is O=C1Cc2ccc(C(=O)CCl)cc2N1.O=C1Cc2ccc(CCCl)cc2N1.O=C1Cc2ccccc2N1. The maximum atomic E-state index is 11.3. The number of carbonyl (C=O) groups is 4. The third-order valence-corrected chi connectivity index (χ3v) is 6.44. The summed E-state index contributed by atoms with van der Waals surface area (Å²) in [7, 11) is 0. The molecule has 0 spiro atoms. The van der Waals surface area contributed by atoms with E-state index < -0.39 is 0 Å². The number of anilines is 3. The van der Waals surface area contributed by atoms with Gasteiger partial charge >= 0.3 is 0 Å². The van der Waals surface area contributed by atoms with Crippen molar-refractivity contribution in [2.45, 2.75) is 25.7 Å². The predicted octanol–water partition coefficient (Wildman–Crippen LogP) is 4.75. The van der Waals surface area contributed by atoms with Crippen LogP contribution < -0.4 is 16.0 Å². The van der Waals surface area contributed by atoms with E-state index in [0.717, 1.165) is 40.2 Å². The van der Waals surface area contributed by atoms with Crippen molar-refractivity contribution in [3.8, 4) is 0 Å². The summed E-state index contributed by atoms with van der Waals surface area (Å²) in [5, 5.41) is 8.26. The van der Waals surface area contributed by atoms with Gasteiger partial charge in [-0.25, -0.2) is 0 Å². The lowest BCUT2D eigenvalue weighted by Crippen LogP contribution is -2.04. The number of Topliss-reactive ketones (excluding diaryl/α,β-unsaturated/α-hetero) is 1. The molecule has 3 aromatic carbocycles. The standard InChI is InChI=1S/C10H8ClNO2.C10H10ClNO.C8H7NO/c11-5-9(13)7-2-1-6-4-10(14)12-8(6)3-7;11-4-3-7-1-2-8-6-10(13)12-9(8)5-7;10-8-5-6-3-1-2-4-7(6)9-8/h1-3H,4-5H2,(H,12,14);1-2,5H,3-4,6H2,(H,12,13);1-4H,5H2,(H,9,10). The van der Waals surface area contributed by atoms with Gasteiger partial charge in [0.05, 0.1) is 25.1 Å². The smallest absolute Gasteiger partial charge is 0.228 e. The topological polar surface area (TPSA) is 104 Å². The van der Waals surface area contributed by atoms with Crippen LogP contribution in [0.1, 0.15) is 32.6 Å². The minimum Gasteiger partial charge on any atom is -0.326 e. The number of hydrogen-bond acceptors (Lipinski definition) is 4. The number of alkyl halides is 2. The van der Waals surface area contributed by atoms with Crippen molar-refractivity contribution >= 4 is 63.8 Å². The van der Waals surface area contributed by atoms with Crippen molar-refractivity contribution in [2.24, 2.45) is 0 Å². The molecule has 3 aliphatic rings. The summed E-state index contributed by atoms with van der Waals surface area (Å²) in [6.45, 7) is 0. The van der Waals surface area contributed by atoms with E-state index >= 15 is 0 Å². The molecule has 0 aliphatic carbocycles. The molecule has 7 nitrogen and oxygen atoms in total. The molecule has 0 radical (unpaired) electrons. The van der Waals surface area contributed by atoms with Gasteiger partial charge in [0.15, 0.2) is 5.78 Å². The van der Waals surface area contributed by atoms with Gasteiger partial charge in [-0.15, -0.1) is 23.2 Å². The Morgan fingerprint density at radius 1 is 0.676 bits per heavy atom. The highest BCUT2D eigenvalue weighted by atomic mass is 35.5. The lowest BCUT2D eigenvalue weighted by Gasteiger charge is -2.01. The van der Waals surface area contributed by atoms with Crippen LogP contribution in [-0.2, 0) is 40.1 Å². The molecular weight excluding hydrogens is 513 g/mol. The van der Waals surface area contributed by atoms with Gasteiger partial charge in [0.1, 0.15) is 0 Å². The summed E-state index contributed by atoms with van der Waals surface area (Å²) >= 11 is 11.1. The van der Waals surface area contributed by atoms with E-state index in [1.165, 1.54) is 5.56 Å². The average molecular weight is 538 g/mol. The van der Waals surface area contributed by atoms with Crippen LogP contribution in [0.3, 0.4) is 0 Å². The van der Waals surface area contributed by atoms with Gasteiger partial charge in [-0.3, -0.25) is 19.2 Å². The molecule has 3 aromatic rings. The molecule has 6 rings (SSSR count). The van der Waals surface area contributed by atoms with Crippen LogP contribution in [0.25, 0.3) is 0 Å². The van der Waals surface area contributed by atoms with Gasteiger partial charge < -0.3 is 16.0 Å². The van der Waals surface area contributed by atoms with Crippen molar-refractivity contribution in [3.05, 3.63) is 88.5 Å². The van der Waals surface area contributed by atoms with Crippen molar-refractivity contribution in [3.63, 3.8) is 0 Å². The summed E-state index contributed by atoms with van der Waals surface area (Å²) in [5.41, 5.74) is 7.49. The molecule has 0 fully saturated rings.